The maximum absolute atomic E-state index is 3.95. The molecule has 0 spiro atoms. The molecule has 1 aliphatic heterocycles. The number of hydrogen-bond donors (Lipinski definition) is 2. The summed E-state index contributed by atoms with van der Waals surface area (Å²) in [4.78, 5) is 0. The number of fused-ring (bicyclic) bond motifs is 1. The summed E-state index contributed by atoms with van der Waals surface area (Å²) in [6.45, 7) is 6.13. The summed E-state index contributed by atoms with van der Waals surface area (Å²) >= 11 is 0. The van der Waals surface area contributed by atoms with Crippen LogP contribution in [0.5, 0.6) is 0 Å². The van der Waals surface area contributed by atoms with E-state index in [0.717, 1.165) is 16.9 Å². The van der Waals surface area contributed by atoms with Gasteiger partial charge in [0.05, 0.1) is 0 Å². The van der Waals surface area contributed by atoms with Crippen LogP contribution in [0.1, 0.15) is 12.5 Å². The van der Waals surface area contributed by atoms with Crippen LogP contribution in [0, 0.1) is 0 Å². The van der Waals surface area contributed by atoms with E-state index >= 15 is 0 Å². The summed E-state index contributed by atoms with van der Waals surface area (Å²) in [5.74, 6) is 0. The van der Waals surface area contributed by atoms with Crippen molar-refractivity contribution in [1.82, 2.24) is 0 Å². The lowest BCUT2D eigenvalue weighted by Crippen LogP contribution is -2.41. The number of benzene rings is 2. The van der Waals surface area contributed by atoms with Crippen LogP contribution in [0.3, 0.4) is 0 Å². The minimum atomic E-state index is 0.154. The van der Waals surface area contributed by atoms with E-state index in [2.05, 4.69) is 53.4 Å². The van der Waals surface area contributed by atoms with Crippen LogP contribution in [0.4, 0.5) is 11.4 Å². The van der Waals surface area contributed by atoms with E-state index < -0.39 is 0 Å². The fourth-order valence-electron chi connectivity index (χ4n) is 2.21. The Hall–Kier alpha value is -2.16. The predicted octanol–water partition coefficient (Wildman–Crippen LogP) is 2.95. The van der Waals surface area contributed by atoms with Crippen molar-refractivity contribution in [2.75, 3.05) is 10.5 Å². The van der Waals surface area contributed by atoms with Crippen LogP contribution in [0.25, 0.3) is 5.57 Å². The molecule has 0 amide bonds. The zero-order valence-electron chi connectivity index (χ0n) is 10.4. The van der Waals surface area contributed by atoms with Crippen LogP contribution in [0.15, 0.2) is 55.1 Å². The highest BCUT2D eigenvalue weighted by Gasteiger charge is 2.25. The number of allylic oxidation sites excluding steroid dienone is 1. The van der Waals surface area contributed by atoms with Crippen molar-refractivity contribution in [2.45, 2.75) is 6.92 Å². The highest BCUT2D eigenvalue weighted by Crippen LogP contribution is 2.26. The van der Waals surface area contributed by atoms with Gasteiger partial charge in [0.1, 0.15) is 0 Å². The lowest BCUT2D eigenvalue weighted by atomic mass is 9.69. The summed E-state index contributed by atoms with van der Waals surface area (Å²) in [6, 6.07) is 16.8. The second-order valence-electron chi connectivity index (χ2n) is 4.67. The fourth-order valence-corrected chi connectivity index (χ4v) is 2.21. The normalized spacial score (nSPS) is 12.6. The number of hydrogen-bond acceptors (Lipinski definition) is 2. The summed E-state index contributed by atoms with van der Waals surface area (Å²) in [6.07, 6.45) is 0. The third-order valence-electron chi connectivity index (χ3n) is 3.26. The number of nitrogens with one attached hydrogen (secondary N) is 2. The molecular formula is C15H15BN2. The SMILES string of the molecule is C=C(C)c1ccc(B2Nc3ccccc3N2)cc1. The third-order valence-corrected chi connectivity index (χ3v) is 3.26. The predicted molar refractivity (Wildman–Crippen MR) is 80.2 cm³/mol. The van der Waals surface area contributed by atoms with Crippen molar-refractivity contribution in [3.8, 4) is 0 Å². The molecule has 2 aromatic rings. The second kappa shape index (κ2) is 4.26. The van der Waals surface area contributed by atoms with Gasteiger partial charge in [0.15, 0.2) is 0 Å². The van der Waals surface area contributed by atoms with Crippen LogP contribution in [-0.2, 0) is 0 Å². The van der Waals surface area contributed by atoms with Crippen LogP contribution >= 0.6 is 0 Å². The van der Waals surface area contributed by atoms with Gasteiger partial charge in [-0.1, -0.05) is 48.6 Å². The van der Waals surface area contributed by atoms with E-state index in [-0.39, 0.29) is 6.98 Å². The maximum Gasteiger partial charge on any atom is 0.406 e. The molecule has 2 N–H and O–H groups in total. The number of rotatable bonds is 2. The molecule has 18 heavy (non-hydrogen) atoms. The average Bonchev–Trinajstić information content (AvgIpc) is 2.82. The van der Waals surface area contributed by atoms with Gasteiger partial charge in [0, 0.05) is 11.4 Å². The number of anilines is 2. The minimum absolute atomic E-state index is 0.154. The highest BCUT2D eigenvalue weighted by molar-refractivity contribution is 6.80. The van der Waals surface area contributed by atoms with Crippen molar-refractivity contribution >= 4 is 29.4 Å². The molecule has 2 aromatic carbocycles. The first-order valence-electron chi connectivity index (χ1n) is 6.12. The van der Waals surface area contributed by atoms with Crippen molar-refractivity contribution in [3.05, 3.63) is 60.7 Å². The third kappa shape index (κ3) is 1.88. The second-order valence-corrected chi connectivity index (χ2v) is 4.67. The van der Waals surface area contributed by atoms with Gasteiger partial charge in [-0.25, -0.2) is 0 Å². The molecule has 1 aliphatic rings. The summed E-state index contributed by atoms with van der Waals surface area (Å²) < 4.78 is 0. The molecule has 0 saturated heterocycles. The molecule has 0 fully saturated rings. The van der Waals surface area contributed by atoms with Gasteiger partial charge in [-0.2, -0.15) is 0 Å². The Kier molecular flexibility index (Phi) is 2.60. The van der Waals surface area contributed by atoms with Gasteiger partial charge >= 0.3 is 6.98 Å². The zero-order valence-corrected chi connectivity index (χ0v) is 10.4. The maximum atomic E-state index is 3.95. The summed E-state index contributed by atoms with van der Waals surface area (Å²) in [7, 11) is 0. The lowest BCUT2D eigenvalue weighted by molar-refractivity contribution is 1.60. The first kappa shape index (κ1) is 11.0. The first-order valence-corrected chi connectivity index (χ1v) is 6.12. The molecule has 3 heteroatoms. The minimum Gasteiger partial charge on any atom is -0.404 e. The number of para-hydroxylation sites is 2. The zero-order chi connectivity index (χ0) is 12.5. The fraction of sp³-hybridized carbons (Fsp3) is 0.0667. The molecule has 1 heterocycles. The first-order chi connectivity index (χ1) is 8.74. The smallest absolute Gasteiger partial charge is 0.404 e. The lowest BCUT2D eigenvalue weighted by Gasteiger charge is -2.08. The molecular weight excluding hydrogens is 219 g/mol. The van der Waals surface area contributed by atoms with E-state index in [1.807, 2.05) is 19.1 Å². The molecule has 0 aromatic heterocycles. The Labute approximate surface area is 108 Å². The largest absolute Gasteiger partial charge is 0.406 e. The van der Waals surface area contributed by atoms with E-state index in [4.69, 9.17) is 0 Å². The Morgan fingerprint density at radius 2 is 1.50 bits per heavy atom. The quantitative estimate of drug-likeness (QED) is 0.780. The molecule has 0 unspecified atom stereocenters. The van der Waals surface area contributed by atoms with E-state index in [9.17, 15) is 0 Å². The Morgan fingerprint density at radius 3 is 2.00 bits per heavy atom. The van der Waals surface area contributed by atoms with Crippen molar-refractivity contribution in [3.63, 3.8) is 0 Å². The molecule has 0 atom stereocenters. The average molecular weight is 234 g/mol. The van der Waals surface area contributed by atoms with Crippen LogP contribution in [0.2, 0.25) is 0 Å². The Balaban J connectivity index is 1.84. The van der Waals surface area contributed by atoms with Gasteiger partial charge in [-0.3, -0.25) is 0 Å². The summed E-state index contributed by atoms with van der Waals surface area (Å²) in [5.41, 5.74) is 5.83. The van der Waals surface area contributed by atoms with E-state index in [0.29, 0.717) is 0 Å². The Morgan fingerprint density at radius 1 is 0.944 bits per heavy atom. The molecule has 2 nitrogen and oxygen atoms in total. The standard InChI is InChI=1S/C15H15BN2/c1-11(2)12-7-9-13(10-8-12)16-17-14-5-3-4-6-15(14)18-16/h3-10,17-18H,1H2,2H3. The van der Waals surface area contributed by atoms with Crippen LogP contribution < -0.4 is 15.9 Å². The molecule has 88 valence electrons. The van der Waals surface area contributed by atoms with Gasteiger partial charge in [-0.05, 0) is 30.1 Å². The van der Waals surface area contributed by atoms with Crippen molar-refractivity contribution < 1.29 is 0 Å². The van der Waals surface area contributed by atoms with Gasteiger partial charge in [0.2, 0.25) is 0 Å². The monoisotopic (exact) mass is 234 g/mol. The molecule has 0 radical (unpaired) electrons. The highest BCUT2D eigenvalue weighted by atomic mass is 15.0. The van der Waals surface area contributed by atoms with Gasteiger partial charge < -0.3 is 10.5 Å². The van der Waals surface area contributed by atoms with Gasteiger partial charge in [-0.15, -0.1) is 0 Å². The van der Waals surface area contributed by atoms with Gasteiger partial charge in [0.25, 0.3) is 0 Å². The van der Waals surface area contributed by atoms with Crippen molar-refractivity contribution in [2.24, 2.45) is 0 Å². The molecule has 0 bridgehead atoms. The van der Waals surface area contributed by atoms with Crippen LogP contribution in [-0.4, -0.2) is 6.98 Å². The van der Waals surface area contributed by atoms with Crippen molar-refractivity contribution in [1.29, 1.82) is 0 Å². The Bertz CT molecular complexity index is 565. The summed E-state index contributed by atoms with van der Waals surface area (Å²) in [5, 5.41) is 6.93. The molecule has 0 saturated carbocycles. The van der Waals surface area contributed by atoms with E-state index in [1.54, 1.807) is 0 Å². The topological polar surface area (TPSA) is 24.1 Å². The molecule has 3 rings (SSSR count). The van der Waals surface area contributed by atoms with E-state index in [1.165, 1.54) is 11.0 Å². The molecule has 0 aliphatic carbocycles.